The molecule has 0 heterocycles. The predicted molar refractivity (Wildman–Crippen MR) is 51.3 cm³/mol. The smallest absolute Gasteiger partial charge is 0.337 e. The molecule has 6 N–H and O–H groups in total. The molecule has 0 saturated carbocycles. The minimum Gasteiger partial charge on any atom is -0.392 e. The molecule has 0 aliphatic rings. The third-order valence-electron chi connectivity index (χ3n) is 1.26. The standard InChI is InChI=1S/C6H17N3O4S/c1-5(10)4-9-14(11,12)13-6(8)2-3-7/h5-6,9-10H,2-4,7-8H2,1H3. The number of hydrogen-bond acceptors (Lipinski definition) is 6. The molecule has 0 aromatic carbocycles. The largest absolute Gasteiger partial charge is 0.392 e. The molecule has 14 heavy (non-hydrogen) atoms. The van der Waals surface area contributed by atoms with Gasteiger partial charge in [0.05, 0.1) is 6.10 Å². The Balaban J connectivity index is 3.95. The summed E-state index contributed by atoms with van der Waals surface area (Å²) in [6.07, 6.45) is -1.49. The van der Waals surface area contributed by atoms with Crippen LogP contribution in [0.15, 0.2) is 0 Å². The molecule has 2 unspecified atom stereocenters. The maximum atomic E-state index is 11.1. The second-order valence-electron chi connectivity index (χ2n) is 2.86. The fourth-order valence-electron chi connectivity index (χ4n) is 0.632. The number of nitrogens with one attached hydrogen (secondary N) is 1. The van der Waals surface area contributed by atoms with Gasteiger partial charge in [-0.1, -0.05) is 0 Å². The maximum Gasteiger partial charge on any atom is 0.337 e. The van der Waals surface area contributed by atoms with E-state index < -0.39 is 22.6 Å². The van der Waals surface area contributed by atoms with E-state index in [2.05, 4.69) is 4.18 Å². The van der Waals surface area contributed by atoms with E-state index in [4.69, 9.17) is 16.6 Å². The van der Waals surface area contributed by atoms with Gasteiger partial charge < -0.3 is 16.6 Å². The summed E-state index contributed by atoms with van der Waals surface area (Å²) in [7, 11) is -3.89. The van der Waals surface area contributed by atoms with Crippen molar-refractivity contribution in [2.45, 2.75) is 25.7 Å². The van der Waals surface area contributed by atoms with E-state index >= 15 is 0 Å². The Hall–Kier alpha value is -0.250. The molecule has 8 heteroatoms. The van der Waals surface area contributed by atoms with Gasteiger partial charge in [0.1, 0.15) is 6.23 Å². The van der Waals surface area contributed by atoms with E-state index in [0.29, 0.717) is 0 Å². The first kappa shape index (κ1) is 13.8. The second-order valence-corrected chi connectivity index (χ2v) is 4.25. The monoisotopic (exact) mass is 227 g/mol. The van der Waals surface area contributed by atoms with E-state index in [-0.39, 0.29) is 19.5 Å². The van der Waals surface area contributed by atoms with Crippen LogP contribution < -0.4 is 16.2 Å². The van der Waals surface area contributed by atoms with Crippen LogP contribution in [0.1, 0.15) is 13.3 Å². The molecule has 0 spiro atoms. The van der Waals surface area contributed by atoms with Gasteiger partial charge in [0.25, 0.3) is 0 Å². The molecule has 0 radical (unpaired) electrons. The van der Waals surface area contributed by atoms with Gasteiger partial charge >= 0.3 is 10.3 Å². The zero-order valence-corrected chi connectivity index (χ0v) is 8.83. The first-order chi connectivity index (χ1) is 6.37. The van der Waals surface area contributed by atoms with E-state index in [0.717, 1.165) is 0 Å². The lowest BCUT2D eigenvalue weighted by molar-refractivity contribution is 0.183. The molecule has 0 aliphatic carbocycles. The Morgan fingerprint density at radius 3 is 2.57 bits per heavy atom. The minimum atomic E-state index is -3.89. The summed E-state index contributed by atoms with van der Waals surface area (Å²) in [4.78, 5) is 0. The van der Waals surface area contributed by atoms with Gasteiger partial charge in [0.15, 0.2) is 0 Å². The number of nitrogens with two attached hydrogens (primary N) is 2. The maximum absolute atomic E-state index is 11.1. The summed E-state index contributed by atoms with van der Waals surface area (Å²) in [5, 5.41) is 8.82. The topological polar surface area (TPSA) is 128 Å². The molecule has 0 amide bonds. The van der Waals surface area contributed by atoms with Crippen LogP contribution in [0.4, 0.5) is 0 Å². The highest BCUT2D eigenvalue weighted by Crippen LogP contribution is 1.95. The molecular formula is C6H17N3O4S. The van der Waals surface area contributed by atoms with Crippen LogP contribution in [-0.4, -0.2) is 38.9 Å². The van der Waals surface area contributed by atoms with Gasteiger partial charge in [-0.25, -0.2) is 4.18 Å². The summed E-state index contributed by atoms with van der Waals surface area (Å²) in [6.45, 7) is 1.58. The zero-order valence-electron chi connectivity index (χ0n) is 8.01. The molecule has 0 fully saturated rings. The third kappa shape index (κ3) is 7.18. The van der Waals surface area contributed by atoms with Crippen molar-refractivity contribution in [3.8, 4) is 0 Å². The summed E-state index contributed by atoms with van der Waals surface area (Å²) in [5.41, 5.74) is 10.4. The molecular weight excluding hydrogens is 210 g/mol. The molecule has 0 rings (SSSR count). The van der Waals surface area contributed by atoms with Crippen molar-refractivity contribution in [3.05, 3.63) is 0 Å². The van der Waals surface area contributed by atoms with E-state index in [9.17, 15) is 8.42 Å². The van der Waals surface area contributed by atoms with Gasteiger partial charge in [-0.2, -0.15) is 13.1 Å². The lowest BCUT2D eigenvalue weighted by Gasteiger charge is -2.13. The van der Waals surface area contributed by atoms with Crippen LogP contribution in [0.3, 0.4) is 0 Å². The summed E-state index contributed by atoms with van der Waals surface area (Å²) in [6, 6.07) is 0. The lowest BCUT2D eigenvalue weighted by Crippen LogP contribution is -2.38. The fraction of sp³-hybridized carbons (Fsp3) is 1.00. The highest BCUT2D eigenvalue weighted by molar-refractivity contribution is 7.84. The van der Waals surface area contributed by atoms with Crippen LogP contribution in [0, 0.1) is 0 Å². The van der Waals surface area contributed by atoms with Gasteiger partial charge in [-0.05, 0) is 13.5 Å². The number of rotatable bonds is 7. The molecule has 0 aromatic rings. The Morgan fingerprint density at radius 1 is 1.57 bits per heavy atom. The zero-order chi connectivity index (χ0) is 11.2. The fourth-order valence-corrected chi connectivity index (χ4v) is 1.57. The summed E-state index contributed by atoms with van der Waals surface area (Å²) < 4.78 is 28.6. The van der Waals surface area contributed by atoms with Gasteiger partial charge in [0.2, 0.25) is 0 Å². The van der Waals surface area contributed by atoms with Crippen molar-refractivity contribution < 1.29 is 17.7 Å². The van der Waals surface area contributed by atoms with Crippen molar-refractivity contribution in [3.63, 3.8) is 0 Å². The van der Waals surface area contributed by atoms with Gasteiger partial charge in [0, 0.05) is 13.0 Å². The molecule has 0 aliphatic heterocycles. The Kier molecular flexibility index (Phi) is 6.16. The molecule has 0 saturated heterocycles. The van der Waals surface area contributed by atoms with Crippen LogP contribution in [-0.2, 0) is 14.5 Å². The van der Waals surface area contributed by atoms with Crippen molar-refractivity contribution >= 4 is 10.3 Å². The number of aliphatic hydroxyl groups excluding tert-OH is 1. The lowest BCUT2D eigenvalue weighted by atomic mass is 10.4. The van der Waals surface area contributed by atoms with Gasteiger partial charge in [-0.3, -0.25) is 0 Å². The average molecular weight is 227 g/mol. The Bertz CT molecular complexity index is 241. The van der Waals surface area contributed by atoms with Crippen molar-refractivity contribution in [2.75, 3.05) is 13.1 Å². The van der Waals surface area contributed by atoms with E-state index in [1.807, 2.05) is 4.72 Å². The summed E-state index contributed by atoms with van der Waals surface area (Å²) >= 11 is 0. The normalized spacial score (nSPS) is 16.6. The highest BCUT2D eigenvalue weighted by Gasteiger charge is 2.15. The van der Waals surface area contributed by atoms with Crippen LogP contribution >= 0.6 is 0 Å². The van der Waals surface area contributed by atoms with E-state index in [1.54, 1.807) is 0 Å². The Labute approximate surface area is 83.7 Å². The van der Waals surface area contributed by atoms with Crippen molar-refractivity contribution in [1.82, 2.24) is 4.72 Å². The van der Waals surface area contributed by atoms with Crippen LogP contribution in [0.5, 0.6) is 0 Å². The molecule has 0 aromatic heterocycles. The van der Waals surface area contributed by atoms with Crippen molar-refractivity contribution in [1.29, 1.82) is 0 Å². The minimum absolute atomic E-state index is 0.113. The molecule has 0 bridgehead atoms. The molecule has 7 nitrogen and oxygen atoms in total. The average Bonchev–Trinajstić information content (AvgIpc) is 2.00. The van der Waals surface area contributed by atoms with E-state index in [1.165, 1.54) is 6.92 Å². The number of aliphatic hydroxyl groups is 1. The SMILES string of the molecule is CC(O)CNS(=O)(=O)OC(N)CCN. The Morgan fingerprint density at radius 2 is 2.14 bits per heavy atom. The second kappa shape index (κ2) is 6.27. The quantitative estimate of drug-likeness (QED) is 0.367. The predicted octanol–water partition coefficient (Wildman–Crippen LogP) is -2.15. The highest BCUT2D eigenvalue weighted by atomic mass is 32.2. The number of hydrogen-bond donors (Lipinski definition) is 4. The van der Waals surface area contributed by atoms with Crippen LogP contribution in [0.25, 0.3) is 0 Å². The summed E-state index contributed by atoms with van der Waals surface area (Å²) in [5.74, 6) is 0. The van der Waals surface area contributed by atoms with Crippen LogP contribution in [0.2, 0.25) is 0 Å². The first-order valence-corrected chi connectivity index (χ1v) is 5.60. The third-order valence-corrected chi connectivity index (χ3v) is 2.28. The molecule has 86 valence electrons. The molecule has 2 atom stereocenters. The first-order valence-electron chi connectivity index (χ1n) is 4.19. The van der Waals surface area contributed by atoms with Gasteiger partial charge in [-0.15, -0.1) is 0 Å². The van der Waals surface area contributed by atoms with Crippen molar-refractivity contribution in [2.24, 2.45) is 11.5 Å².